The molecule has 0 aromatic rings. The summed E-state index contributed by atoms with van der Waals surface area (Å²) in [6.45, 7) is 1.02. The highest BCUT2D eigenvalue weighted by Crippen LogP contribution is 2.49. The standard InChI is InChI=1S/C9H14F2N2O/c10-9(11)4-7(9)8(14)13-3-1-2-6(12)5-13/h6-7H,1-5,12H2. The van der Waals surface area contributed by atoms with Crippen molar-refractivity contribution in [1.82, 2.24) is 4.90 Å². The molecule has 1 aliphatic carbocycles. The van der Waals surface area contributed by atoms with Crippen LogP contribution in [0.1, 0.15) is 19.3 Å². The summed E-state index contributed by atoms with van der Waals surface area (Å²) >= 11 is 0. The van der Waals surface area contributed by atoms with E-state index in [9.17, 15) is 13.6 Å². The van der Waals surface area contributed by atoms with Gasteiger partial charge in [-0.05, 0) is 12.8 Å². The van der Waals surface area contributed by atoms with Crippen molar-refractivity contribution >= 4 is 5.91 Å². The topological polar surface area (TPSA) is 46.3 Å². The van der Waals surface area contributed by atoms with Crippen LogP contribution in [-0.2, 0) is 4.79 Å². The molecule has 14 heavy (non-hydrogen) atoms. The van der Waals surface area contributed by atoms with E-state index in [0.29, 0.717) is 13.1 Å². The van der Waals surface area contributed by atoms with Crippen LogP contribution in [0.3, 0.4) is 0 Å². The Morgan fingerprint density at radius 2 is 2.14 bits per heavy atom. The molecule has 5 heteroatoms. The van der Waals surface area contributed by atoms with Gasteiger partial charge in [0, 0.05) is 25.6 Å². The molecule has 1 saturated heterocycles. The Balaban J connectivity index is 1.92. The number of carbonyl (C=O) groups excluding carboxylic acids is 1. The number of nitrogens with zero attached hydrogens (tertiary/aromatic N) is 1. The number of halogens is 2. The normalized spacial score (nSPS) is 35.5. The molecule has 0 radical (unpaired) electrons. The van der Waals surface area contributed by atoms with Crippen LogP contribution in [0.2, 0.25) is 0 Å². The minimum atomic E-state index is -2.75. The van der Waals surface area contributed by atoms with E-state index < -0.39 is 17.7 Å². The van der Waals surface area contributed by atoms with Crippen molar-refractivity contribution in [2.24, 2.45) is 11.7 Å². The number of hydrogen-bond donors (Lipinski definition) is 1. The third-order valence-corrected chi connectivity index (χ3v) is 2.89. The lowest BCUT2D eigenvalue weighted by atomic mass is 10.1. The highest BCUT2D eigenvalue weighted by atomic mass is 19.3. The first-order valence-electron chi connectivity index (χ1n) is 4.93. The fourth-order valence-corrected chi connectivity index (χ4v) is 1.91. The van der Waals surface area contributed by atoms with E-state index in [4.69, 9.17) is 5.73 Å². The van der Waals surface area contributed by atoms with Gasteiger partial charge < -0.3 is 10.6 Å². The molecule has 0 spiro atoms. The lowest BCUT2D eigenvalue weighted by Crippen LogP contribution is -2.46. The Kier molecular flexibility index (Phi) is 2.21. The Morgan fingerprint density at radius 1 is 1.50 bits per heavy atom. The maximum atomic E-state index is 12.6. The van der Waals surface area contributed by atoms with E-state index in [-0.39, 0.29) is 12.5 Å². The predicted molar refractivity (Wildman–Crippen MR) is 46.8 cm³/mol. The van der Waals surface area contributed by atoms with Gasteiger partial charge in [-0.25, -0.2) is 8.78 Å². The molecule has 1 heterocycles. The lowest BCUT2D eigenvalue weighted by molar-refractivity contribution is -0.136. The van der Waals surface area contributed by atoms with Crippen LogP contribution in [0, 0.1) is 5.92 Å². The van der Waals surface area contributed by atoms with Crippen molar-refractivity contribution in [1.29, 1.82) is 0 Å². The molecule has 0 bridgehead atoms. The van der Waals surface area contributed by atoms with Crippen LogP contribution in [-0.4, -0.2) is 35.9 Å². The van der Waals surface area contributed by atoms with Crippen molar-refractivity contribution in [3.63, 3.8) is 0 Å². The molecular weight excluding hydrogens is 190 g/mol. The number of carbonyl (C=O) groups is 1. The van der Waals surface area contributed by atoms with Crippen LogP contribution in [0.25, 0.3) is 0 Å². The average Bonchev–Trinajstić information content (AvgIpc) is 2.74. The van der Waals surface area contributed by atoms with Gasteiger partial charge in [-0.15, -0.1) is 0 Å². The summed E-state index contributed by atoms with van der Waals surface area (Å²) in [6.07, 6.45) is 1.42. The van der Waals surface area contributed by atoms with E-state index in [1.54, 1.807) is 0 Å². The molecule has 3 nitrogen and oxygen atoms in total. The van der Waals surface area contributed by atoms with E-state index in [2.05, 4.69) is 0 Å². The summed E-state index contributed by atoms with van der Waals surface area (Å²) in [7, 11) is 0. The maximum absolute atomic E-state index is 12.6. The molecular formula is C9H14F2N2O. The summed E-state index contributed by atoms with van der Waals surface area (Å²) in [5.74, 6) is -4.23. The monoisotopic (exact) mass is 204 g/mol. The van der Waals surface area contributed by atoms with Gasteiger partial charge in [0.1, 0.15) is 5.92 Å². The Labute approximate surface area is 81.2 Å². The number of hydrogen-bond acceptors (Lipinski definition) is 2. The molecule has 1 saturated carbocycles. The molecule has 0 aromatic heterocycles. The third-order valence-electron chi connectivity index (χ3n) is 2.89. The first-order valence-corrected chi connectivity index (χ1v) is 4.93. The van der Waals surface area contributed by atoms with Crippen molar-refractivity contribution in [2.75, 3.05) is 13.1 Å². The van der Waals surface area contributed by atoms with Gasteiger partial charge in [0.25, 0.3) is 5.92 Å². The Bertz CT molecular complexity index is 257. The number of likely N-dealkylation sites (tertiary alicyclic amines) is 1. The summed E-state index contributed by atoms with van der Waals surface area (Å²) in [6, 6.07) is -0.0416. The van der Waals surface area contributed by atoms with Gasteiger partial charge in [-0.2, -0.15) is 0 Å². The smallest absolute Gasteiger partial charge is 0.260 e. The average molecular weight is 204 g/mol. The summed E-state index contributed by atoms with van der Waals surface area (Å²) < 4.78 is 25.2. The SMILES string of the molecule is NC1CCCN(C(=O)C2CC2(F)F)C1. The van der Waals surface area contributed by atoms with Crippen LogP contribution in [0.4, 0.5) is 8.78 Å². The second kappa shape index (κ2) is 3.15. The van der Waals surface area contributed by atoms with Gasteiger partial charge in [0.15, 0.2) is 0 Å². The Morgan fingerprint density at radius 3 is 2.64 bits per heavy atom. The van der Waals surface area contributed by atoms with E-state index in [0.717, 1.165) is 12.8 Å². The van der Waals surface area contributed by atoms with Gasteiger partial charge in [0.05, 0.1) is 0 Å². The third kappa shape index (κ3) is 1.73. The van der Waals surface area contributed by atoms with Gasteiger partial charge in [-0.3, -0.25) is 4.79 Å². The largest absolute Gasteiger partial charge is 0.341 e. The van der Waals surface area contributed by atoms with Crippen LogP contribution in [0.5, 0.6) is 0 Å². The lowest BCUT2D eigenvalue weighted by Gasteiger charge is -2.30. The summed E-state index contributed by atoms with van der Waals surface area (Å²) in [5.41, 5.74) is 5.67. The highest BCUT2D eigenvalue weighted by molar-refractivity contribution is 5.83. The molecule has 2 rings (SSSR count). The first kappa shape index (κ1) is 9.83. The number of rotatable bonds is 1. The molecule has 1 aliphatic heterocycles. The van der Waals surface area contributed by atoms with Crippen molar-refractivity contribution in [3.8, 4) is 0 Å². The minimum absolute atomic E-state index is 0.0416. The molecule has 2 fully saturated rings. The van der Waals surface area contributed by atoms with E-state index in [1.807, 2.05) is 0 Å². The second-order valence-electron chi connectivity index (χ2n) is 4.20. The Hall–Kier alpha value is -0.710. The molecule has 0 aromatic carbocycles. The van der Waals surface area contributed by atoms with E-state index in [1.165, 1.54) is 4.90 Å². The maximum Gasteiger partial charge on any atom is 0.260 e. The molecule has 2 unspecified atom stereocenters. The van der Waals surface area contributed by atoms with Gasteiger partial charge >= 0.3 is 0 Å². The molecule has 2 atom stereocenters. The predicted octanol–water partition coefficient (Wildman–Crippen LogP) is 0.591. The summed E-state index contributed by atoms with van der Waals surface area (Å²) in [4.78, 5) is 13.0. The van der Waals surface area contributed by atoms with Crippen LogP contribution < -0.4 is 5.73 Å². The van der Waals surface area contributed by atoms with E-state index >= 15 is 0 Å². The molecule has 2 N–H and O–H groups in total. The van der Waals surface area contributed by atoms with Gasteiger partial charge in [0.2, 0.25) is 5.91 Å². The number of amides is 1. The fourth-order valence-electron chi connectivity index (χ4n) is 1.91. The molecule has 80 valence electrons. The quantitative estimate of drug-likeness (QED) is 0.679. The van der Waals surface area contributed by atoms with Crippen LogP contribution in [0.15, 0.2) is 0 Å². The fraction of sp³-hybridized carbons (Fsp3) is 0.889. The first-order chi connectivity index (χ1) is 6.50. The van der Waals surface area contributed by atoms with Crippen molar-refractivity contribution in [2.45, 2.75) is 31.2 Å². The van der Waals surface area contributed by atoms with Crippen molar-refractivity contribution in [3.05, 3.63) is 0 Å². The molecule has 2 aliphatic rings. The number of piperidine rings is 1. The zero-order valence-corrected chi connectivity index (χ0v) is 7.88. The number of alkyl halides is 2. The van der Waals surface area contributed by atoms with Crippen LogP contribution >= 0.6 is 0 Å². The number of nitrogens with two attached hydrogens (primary N) is 1. The van der Waals surface area contributed by atoms with Crippen molar-refractivity contribution < 1.29 is 13.6 Å². The zero-order valence-electron chi connectivity index (χ0n) is 7.88. The van der Waals surface area contributed by atoms with Gasteiger partial charge in [-0.1, -0.05) is 0 Å². The molecule has 1 amide bonds. The minimum Gasteiger partial charge on any atom is -0.341 e. The zero-order chi connectivity index (χ0) is 10.3. The highest BCUT2D eigenvalue weighted by Gasteiger charge is 2.62. The second-order valence-corrected chi connectivity index (χ2v) is 4.20. The summed E-state index contributed by atoms with van der Waals surface area (Å²) in [5, 5.41) is 0.